The second-order valence-corrected chi connectivity index (χ2v) is 5.72. The predicted octanol–water partition coefficient (Wildman–Crippen LogP) is 3.08. The van der Waals surface area contributed by atoms with Crippen LogP contribution < -0.4 is 4.74 Å². The van der Waals surface area contributed by atoms with Gasteiger partial charge < -0.3 is 14.2 Å². The Labute approximate surface area is 108 Å². The average Bonchev–Trinajstić information content (AvgIpc) is 2.67. The van der Waals surface area contributed by atoms with Crippen LogP contribution in [0.5, 0.6) is 5.88 Å². The number of ether oxygens (including phenoxy) is 3. The third-order valence-corrected chi connectivity index (χ3v) is 3.27. The largest absolute Gasteiger partial charge is 0.471 e. The molecule has 3 rings (SSSR count). The van der Waals surface area contributed by atoms with E-state index >= 15 is 0 Å². The van der Waals surface area contributed by atoms with Crippen LogP contribution in [0.3, 0.4) is 0 Å². The maximum atomic E-state index is 5.84. The standard InChI is InChI=1S/C12H12BrNO3/c1-11(2)7-12(15-3-4-16-12)9-5-8(13)6-14-10(9)17-11/h3-6H,7H2,1-2H3. The number of hydrogen-bond donors (Lipinski definition) is 0. The summed E-state index contributed by atoms with van der Waals surface area (Å²) in [7, 11) is 0. The van der Waals surface area contributed by atoms with Crippen LogP contribution >= 0.6 is 15.9 Å². The number of halogens is 1. The third kappa shape index (κ3) is 1.69. The highest BCUT2D eigenvalue weighted by Crippen LogP contribution is 2.48. The van der Waals surface area contributed by atoms with Crippen molar-refractivity contribution in [2.24, 2.45) is 0 Å². The van der Waals surface area contributed by atoms with Crippen LogP contribution in [0, 0.1) is 0 Å². The Morgan fingerprint density at radius 3 is 2.71 bits per heavy atom. The van der Waals surface area contributed by atoms with Crippen molar-refractivity contribution in [1.82, 2.24) is 4.98 Å². The molecular formula is C12H12BrNO3. The van der Waals surface area contributed by atoms with Crippen molar-refractivity contribution in [3.05, 3.63) is 34.8 Å². The topological polar surface area (TPSA) is 40.6 Å². The second-order valence-electron chi connectivity index (χ2n) is 4.81. The van der Waals surface area contributed by atoms with Crippen LogP contribution in [0.2, 0.25) is 0 Å². The summed E-state index contributed by atoms with van der Waals surface area (Å²) in [5.74, 6) is -0.235. The molecule has 0 aromatic carbocycles. The van der Waals surface area contributed by atoms with Crippen LogP contribution in [0.1, 0.15) is 25.8 Å². The Kier molecular flexibility index (Phi) is 2.17. The Morgan fingerprint density at radius 1 is 1.29 bits per heavy atom. The highest BCUT2D eigenvalue weighted by Gasteiger charge is 2.51. The Balaban J connectivity index is 2.15. The molecule has 90 valence electrons. The molecule has 2 aliphatic heterocycles. The summed E-state index contributed by atoms with van der Waals surface area (Å²) in [6, 6.07) is 1.92. The van der Waals surface area contributed by atoms with Crippen molar-refractivity contribution in [2.75, 3.05) is 0 Å². The first-order valence-electron chi connectivity index (χ1n) is 5.37. The molecule has 0 unspecified atom stereocenters. The monoisotopic (exact) mass is 297 g/mol. The summed E-state index contributed by atoms with van der Waals surface area (Å²) >= 11 is 3.40. The molecular weight excluding hydrogens is 286 g/mol. The summed E-state index contributed by atoms with van der Waals surface area (Å²) in [5, 5.41) is 0. The summed E-state index contributed by atoms with van der Waals surface area (Å²) in [5.41, 5.74) is 0.441. The molecule has 0 aliphatic carbocycles. The molecule has 1 aromatic rings. The number of aromatic nitrogens is 1. The first-order chi connectivity index (χ1) is 8.01. The lowest BCUT2D eigenvalue weighted by Gasteiger charge is -2.41. The molecule has 3 heterocycles. The zero-order chi connectivity index (χ0) is 12.1. The van der Waals surface area contributed by atoms with Crippen molar-refractivity contribution in [1.29, 1.82) is 0 Å². The summed E-state index contributed by atoms with van der Waals surface area (Å²) in [6.07, 6.45) is 5.44. The molecule has 0 N–H and O–H groups in total. The SMILES string of the molecule is CC1(C)CC2(OC=CO2)c2cc(Br)cnc2O1. The summed E-state index contributed by atoms with van der Waals surface area (Å²) in [4.78, 5) is 4.28. The number of rotatable bonds is 0. The van der Waals surface area contributed by atoms with Crippen LogP contribution in [-0.2, 0) is 15.3 Å². The highest BCUT2D eigenvalue weighted by molar-refractivity contribution is 9.10. The lowest BCUT2D eigenvalue weighted by atomic mass is 9.90. The summed E-state index contributed by atoms with van der Waals surface area (Å²) < 4.78 is 18.0. The molecule has 0 amide bonds. The van der Waals surface area contributed by atoms with Gasteiger partial charge in [-0.25, -0.2) is 4.98 Å². The molecule has 1 spiro atoms. The number of nitrogens with zero attached hydrogens (tertiary/aromatic N) is 1. The Hall–Kier alpha value is -1.23. The van der Waals surface area contributed by atoms with Crippen LogP contribution in [0.25, 0.3) is 0 Å². The van der Waals surface area contributed by atoms with Crippen molar-refractivity contribution in [3.8, 4) is 5.88 Å². The van der Waals surface area contributed by atoms with Gasteiger partial charge in [0, 0.05) is 10.7 Å². The van der Waals surface area contributed by atoms with Gasteiger partial charge in [0.1, 0.15) is 18.1 Å². The van der Waals surface area contributed by atoms with E-state index in [0.717, 1.165) is 10.0 Å². The van der Waals surface area contributed by atoms with E-state index in [1.807, 2.05) is 19.9 Å². The third-order valence-electron chi connectivity index (χ3n) is 2.83. The first kappa shape index (κ1) is 10.9. The molecule has 0 fully saturated rings. The molecule has 5 heteroatoms. The van der Waals surface area contributed by atoms with E-state index in [1.54, 1.807) is 18.7 Å². The molecule has 0 bridgehead atoms. The zero-order valence-electron chi connectivity index (χ0n) is 9.57. The van der Waals surface area contributed by atoms with Gasteiger partial charge in [-0.1, -0.05) is 0 Å². The van der Waals surface area contributed by atoms with Gasteiger partial charge in [-0.15, -0.1) is 0 Å². The van der Waals surface area contributed by atoms with E-state index < -0.39 is 5.79 Å². The molecule has 1 aromatic heterocycles. The van der Waals surface area contributed by atoms with E-state index in [-0.39, 0.29) is 5.60 Å². The predicted molar refractivity (Wildman–Crippen MR) is 64.2 cm³/mol. The molecule has 0 atom stereocenters. The fourth-order valence-electron chi connectivity index (χ4n) is 2.25. The quantitative estimate of drug-likeness (QED) is 0.738. The molecule has 4 nitrogen and oxygen atoms in total. The van der Waals surface area contributed by atoms with E-state index in [1.165, 1.54) is 0 Å². The van der Waals surface area contributed by atoms with Gasteiger partial charge in [0.05, 0.1) is 12.0 Å². The zero-order valence-corrected chi connectivity index (χ0v) is 11.2. The second kappa shape index (κ2) is 3.38. The number of fused-ring (bicyclic) bond motifs is 2. The van der Waals surface area contributed by atoms with Crippen LogP contribution in [0.15, 0.2) is 29.3 Å². The lowest BCUT2D eigenvalue weighted by Crippen LogP contribution is -2.45. The Morgan fingerprint density at radius 2 is 2.00 bits per heavy atom. The maximum absolute atomic E-state index is 5.84. The maximum Gasteiger partial charge on any atom is 0.285 e. The first-order valence-corrected chi connectivity index (χ1v) is 6.16. The minimum Gasteiger partial charge on any atom is -0.471 e. The number of hydrogen-bond acceptors (Lipinski definition) is 4. The number of pyridine rings is 1. The van der Waals surface area contributed by atoms with Crippen LogP contribution in [-0.4, -0.2) is 10.6 Å². The minimum absolute atomic E-state index is 0.375. The van der Waals surface area contributed by atoms with Gasteiger partial charge in [0.15, 0.2) is 0 Å². The lowest BCUT2D eigenvalue weighted by molar-refractivity contribution is -0.196. The van der Waals surface area contributed by atoms with Crippen molar-refractivity contribution in [3.63, 3.8) is 0 Å². The van der Waals surface area contributed by atoms with E-state index in [2.05, 4.69) is 20.9 Å². The van der Waals surface area contributed by atoms with Crippen molar-refractivity contribution < 1.29 is 14.2 Å². The van der Waals surface area contributed by atoms with Gasteiger partial charge in [0.25, 0.3) is 5.79 Å². The molecule has 0 saturated carbocycles. The van der Waals surface area contributed by atoms with Crippen molar-refractivity contribution in [2.45, 2.75) is 31.7 Å². The Bertz CT molecular complexity index is 491. The fourth-order valence-corrected chi connectivity index (χ4v) is 2.58. The van der Waals surface area contributed by atoms with Gasteiger partial charge in [-0.05, 0) is 35.8 Å². The van der Waals surface area contributed by atoms with Crippen molar-refractivity contribution >= 4 is 15.9 Å². The molecule has 0 saturated heterocycles. The normalized spacial score (nSPS) is 22.5. The van der Waals surface area contributed by atoms with Gasteiger partial charge in [-0.2, -0.15) is 0 Å². The molecule has 0 radical (unpaired) electrons. The smallest absolute Gasteiger partial charge is 0.285 e. The van der Waals surface area contributed by atoms with E-state index in [0.29, 0.717) is 12.3 Å². The van der Waals surface area contributed by atoms with Crippen LogP contribution in [0.4, 0.5) is 0 Å². The minimum atomic E-state index is -0.798. The molecule has 2 aliphatic rings. The van der Waals surface area contributed by atoms with Gasteiger partial charge in [-0.3, -0.25) is 0 Å². The highest BCUT2D eigenvalue weighted by atomic mass is 79.9. The summed E-state index contributed by atoms with van der Waals surface area (Å²) in [6.45, 7) is 3.99. The van der Waals surface area contributed by atoms with Gasteiger partial charge >= 0.3 is 0 Å². The molecule has 17 heavy (non-hydrogen) atoms. The van der Waals surface area contributed by atoms with E-state index in [4.69, 9.17) is 14.2 Å². The van der Waals surface area contributed by atoms with Gasteiger partial charge in [0.2, 0.25) is 5.88 Å². The van der Waals surface area contributed by atoms with E-state index in [9.17, 15) is 0 Å². The average molecular weight is 298 g/mol. The fraction of sp³-hybridized carbons (Fsp3) is 0.417.